The van der Waals surface area contributed by atoms with Crippen LogP contribution in [-0.4, -0.2) is 20.8 Å². The van der Waals surface area contributed by atoms with Crippen LogP contribution in [0.25, 0.3) is 0 Å². The number of rotatable bonds is 5. The molecule has 1 aromatic carbocycles. The summed E-state index contributed by atoms with van der Waals surface area (Å²) < 4.78 is 28.8. The van der Waals surface area contributed by atoms with E-state index in [0.29, 0.717) is 22.4 Å². The van der Waals surface area contributed by atoms with E-state index in [4.69, 9.17) is 33.1 Å². The number of hydrogen-bond donors (Lipinski definition) is 1. The lowest BCUT2D eigenvalue weighted by molar-refractivity contribution is 0.119. The lowest BCUT2D eigenvalue weighted by atomic mass is 9.76. The second kappa shape index (κ2) is 6.73. The van der Waals surface area contributed by atoms with Gasteiger partial charge in [-0.2, -0.15) is 0 Å². The van der Waals surface area contributed by atoms with E-state index in [1.165, 1.54) is 0 Å². The fourth-order valence-electron chi connectivity index (χ4n) is 2.88. The molecule has 4 nitrogen and oxygen atoms in total. The first-order valence-corrected chi connectivity index (χ1v) is 9.35. The number of ether oxygens (including phenoxy) is 1. The van der Waals surface area contributed by atoms with Gasteiger partial charge in [0.1, 0.15) is 5.75 Å². The number of sulfonamides is 1. The van der Waals surface area contributed by atoms with Crippen LogP contribution < -0.4 is 9.88 Å². The molecule has 0 heterocycles. The van der Waals surface area contributed by atoms with Crippen molar-refractivity contribution >= 4 is 33.2 Å². The van der Waals surface area contributed by atoms with Crippen LogP contribution in [0.15, 0.2) is 18.2 Å². The molecule has 0 bridgehead atoms. The molecule has 0 atom stereocenters. The maximum Gasteiger partial charge on any atom is 0.209 e. The Balaban J connectivity index is 2.12. The number of primary sulfonamides is 1. The van der Waals surface area contributed by atoms with Crippen molar-refractivity contribution in [2.45, 2.75) is 32.1 Å². The van der Waals surface area contributed by atoms with Gasteiger partial charge in [0.25, 0.3) is 0 Å². The van der Waals surface area contributed by atoms with Crippen LogP contribution in [0.1, 0.15) is 32.1 Å². The highest BCUT2D eigenvalue weighted by atomic mass is 35.5. The van der Waals surface area contributed by atoms with E-state index < -0.39 is 15.4 Å². The minimum absolute atomic E-state index is 0.0504. The van der Waals surface area contributed by atoms with Gasteiger partial charge in [0, 0.05) is 10.4 Å². The van der Waals surface area contributed by atoms with Gasteiger partial charge in [0.2, 0.25) is 10.0 Å². The van der Waals surface area contributed by atoms with Crippen LogP contribution in [0, 0.1) is 5.41 Å². The first-order chi connectivity index (χ1) is 9.80. The lowest BCUT2D eigenvalue weighted by Crippen LogP contribution is -2.40. The molecular formula is C14H19Cl2NO3S. The van der Waals surface area contributed by atoms with Gasteiger partial charge in [-0.15, -0.1) is 0 Å². The van der Waals surface area contributed by atoms with Crippen LogP contribution in [-0.2, 0) is 10.0 Å². The summed E-state index contributed by atoms with van der Waals surface area (Å²) in [5.74, 6) is 0.464. The van der Waals surface area contributed by atoms with Crippen molar-refractivity contribution in [2.75, 3.05) is 12.4 Å². The van der Waals surface area contributed by atoms with Crippen molar-refractivity contribution < 1.29 is 13.2 Å². The predicted octanol–water partition coefficient (Wildman–Crippen LogP) is 3.61. The molecule has 2 N–H and O–H groups in total. The quantitative estimate of drug-likeness (QED) is 0.880. The minimum atomic E-state index is -3.54. The minimum Gasteiger partial charge on any atom is -0.491 e. The van der Waals surface area contributed by atoms with Crippen LogP contribution >= 0.6 is 23.2 Å². The molecule has 0 amide bonds. The van der Waals surface area contributed by atoms with Crippen molar-refractivity contribution in [3.05, 3.63) is 28.2 Å². The summed E-state index contributed by atoms with van der Waals surface area (Å²) in [6.45, 7) is 0.296. The van der Waals surface area contributed by atoms with Crippen molar-refractivity contribution in [1.29, 1.82) is 0 Å². The number of halogens is 2. The maximum atomic E-state index is 11.5. The van der Waals surface area contributed by atoms with Crippen molar-refractivity contribution in [1.82, 2.24) is 0 Å². The van der Waals surface area contributed by atoms with E-state index in [1.807, 2.05) is 0 Å². The molecule has 0 spiro atoms. The zero-order valence-electron chi connectivity index (χ0n) is 11.6. The molecule has 2 rings (SSSR count). The predicted molar refractivity (Wildman–Crippen MR) is 85.4 cm³/mol. The smallest absolute Gasteiger partial charge is 0.209 e. The van der Waals surface area contributed by atoms with E-state index in [9.17, 15) is 8.42 Å². The molecule has 1 saturated carbocycles. The summed E-state index contributed by atoms with van der Waals surface area (Å²) in [5.41, 5.74) is -0.422. The van der Waals surface area contributed by atoms with Gasteiger partial charge in [0.05, 0.1) is 17.4 Å². The molecule has 21 heavy (non-hydrogen) atoms. The molecule has 1 aliphatic carbocycles. The summed E-state index contributed by atoms with van der Waals surface area (Å²) in [6.07, 6.45) is 4.71. The molecule has 0 aliphatic heterocycles. The van der Waals surface area contributed by atoms with Crippen LogP contribution in [0.4, 0.5) is 0 Å². The van der Waals surface area contributed by atoms with Gasteiger partial charge in [0.15, 0.2) is 0 Å². The van der Waals surface area contributed by atoms with Gasteiger partial charge in [-0.05, 0) is 31.0 Å². The van der Waals surface area contributed by atoms with E-state index in [0.717, 1.165) is 32.1 Å². The van der Waals surface area contributed by atoms with Gasteiger partial charge >= 0.3 is 0 Å². The zero-order valence-corrected chi connectivity index (χ0v) is 14.0. The Labute approximate surface area is 135 Å². The molecule has 7 heteroatoms. The molecule has 0 aromatic heterocycles. The average Bonchev–Trinajstić information content (AvgIpc) is 2.37. The molecule has 0 saturated heterocycles. The van der Waals surface area contributed by atoms with Crippen molar-refractivity contribution in [3.8, 4) is 5.75 Å². The molecular weight excluding hydrogens is 333 g/mol. The Kier molecular flexibility index (Phi) is 5.41. The zero-order chi connectivity index (χ0) is 15.5. The standard InChI is InChI=1S/C14H19Cl2NO3S/c15-11-4-5-13(12(16)8-11)20-9-14(10-21(17,18)19)6-2-1-3-7-14/h4-5,8H,1-3,6-7,9-10H2,(H2,17,18,19). The third-order valence-electron chi connectivity index (χ3n) is 3.85. The van der Waals surface area contributed by atoms with Crippen LogP contribution in [0.3, 0.4) is 0 Å². The summed E-state index contributed by atoms with van der Waals surface area (Å²) in [7, 11) is -3.54. The first-order valence-electron chi connectivity index (χ1n) is 6.88. The highest BCUT2D eigenvalue weighted by molar-refractivity contribution is 7.89. The topological polar surface area (TPSA) is 69.4 Å². The van der Waals surface area contributed by atoms with Gasteiger partial charge in [-0.1, -0.05) is 42.5 Å². The van der Waals surface area contributed by atoms with Gasteiger partial charge in [-0.3, -0.25) is 0 Å². The Bertz CT molecular complexity index is 598. The lowest BCUT2D eigenvalue weighted by Gasteiger charge is -2.36. The Morgan fingerprint density at radius 2 is 1.86 bits per heavy atom. The largest absolute Gasteiger partial charge is 0.491 e. The summed E-state index contributed by atoms with van der Waals surface area (Å²) >= 11 is 11.9. The summed E-state index contributed by atoms with van der Waals surface area (Å²) in [4.78, 5) is 0. The molecule has 1 aliphatic rings. The number of hydrogen-bond acceptors (Lipinski definition) is 3. The Hall–Kier alpha value is -0.490. The molecule has 0 unspecified atom stereocenters. The maximum absolute atomic E-state index is 11.5. The van der Waals surface area contributed by atoms with E-state index in [-0.39, 0.29) is 5.75 Å². The van der Waals surface area contributed by atoms with Crippen LogP contribution in [0.5, 0.6) is 5.75 Å². The van der Waals surface area contributed by atoms with Crippen LogP contribution in [0.2, 0.25) is 10.0 Å². The Morgan fingerprint density at radius 3 is 2.43 bits per heavy atom. The second-order valence-electron chi connectivity index (χ2n) is 5.73. The highest BCUT2D eigenvalue weighted by Crippen LogP contribution is 2.38. The van der Waals surface area contributed by atoms with Gasteiger partial charge in [-0.25, -0.2) is 13.6 Å². The van der Waals surface area contributed by atoms with Gasteiger partial charge < -0.3 is 4.74 Å². The molecule has 1 aromatic rings. The van der Waals surface area contributed by atoms with Crippen molar-refractivity contribution in [3.63, 3.8) is 0 Å². The third-order valence-corrected chi connectivity index (χ3v) is 5.39. The normalized spacial score (nSPS) is 18.4. The summed E-state index contributed by atoms with van der Waals surface area (Å²) in [6, 6.07) is 4.99. The molecule has 1 fully saturated rings. The average molecular weight is 352 g/mol. The fraction of sp³-hybridized carbons (Fsp3) is 0.571. The second-order valence-corrected chi connectivity index (χ2v) is 8.19. The fourth-order valence-corrected chi connectivity index (χ4v) is 4.57. The number of nitrogens with two attached hydrogens (primary N) is 1. The highest BCUT2D eigenvalue weighted by Gasteiger charge is 2.36. The SMILES string of the molecule is NS(=O)(=O)CC1(COc2ccc(Cl)cc2Cl)CCCCC1. The molecule has 0 radical (unpaired) electrons. The summed E-state index contributed by atoms with van der Waals surface area (Å²) in [5, 5.41) is 6.20. The number of benzene rings is 1. The molecule has 118 valence electrons. The van der Waals surface area contributed by atoms with Crippen molar-refractivity contribution in [2.24, 2.45) is 10.6 Å². The van der Waals surface area contributed by atoms with E-state index >= 15 is 0 Å². The third kappa shape index (κ3) is 5.02. The van der Waals surface area contributed by atoms with E-state index in [2.05, 4.69) is 0 Å². The van der Waals surface area contributed by atoms with E-state index in [1.54, 1.807) is 18.2 Å². The Morgan fingerprint density at radius 1 is 1.19 bits per heavy atom. The first kappa shape index (κ1) is 16.9. The monoisotopic (exact) mass is 351 g/mol.